The highest BCUT2D eigenvalue weighted by Gasteiger charge is 2.22. The molecule has 1 aromatic rings. The number of carboxylic acids is 1. The molecule has 0 aliphatic carbocycles. The fourth-order valence-electron chi connectivity index (χ4n) is 2.59. The first-order valence-electron chi connectivity index (χ1n) is 8.06. The number of anilines is 1. The summed E-state index contributed by atoms with van der Waals surface area (Å²) in [6.07, 6.45) is 2.40. The van der Waals surface area contributed by atoms with E-state index in [4.69, 9.17) is 9.84 Å². The summed E-state index contributed by atoms with van der Waals surface area (Å²) in [5, 5.41) is 11.5. The summed E-state index contributed by atoms with van der Waals surface area (Å²) in [6, 6.07) is 6.07. The number of hydrogen-bond donors (Lipinski definition) is 2. The van der Waals surface area contributed by atoms with E-state index in [-0.39, 0.29) is 12.5 Å². The number of amides is 2. The Morgan fingerprint density at radius 2 is 2.21 bits per heavy atom. The second-order valence-electron chi connectivity index (χ2n) is 5.68. The molecule has 1 aliphatic rings. The molecule has 1 aliphatic heterocycles. The van der Waals surface area contributed by atoms with Crippen LogP contribution in [0.3, 0.4) is 0 Å². The van der Waals surface area contributed by atoms with Crippen molar-refractivity contribution in [1.82, 2.24) is 5.32 Å². The van der Waals surface area contributed by atoms with E-state index in [1.807, 2.05) is 13.0 Å². The van der Waals surface area contributed by atoms with Gasteiger partial charge in [0, 0.05) is 24.7 Å². The third kappa shape index (κ3) is 4.71. The van der Waals surface area contributed by atoms with Crippen LogP contribution >= 0.6 is 0 Å². The van der Waals surface area contributed by atoms with Gasteiger partial charge in [0.1, 0.15) is 11.8 Å². The van der Waals surface area contributed by atoms with Crippen molar-refractivity contribution in [3.63, 3.8) is 0 Å². The maximum atomic E-state index is 11.8. The number of benzene rings is 1. The fraction of sp³-hybridized carbons (Fsp3) is 0.471. The lowest BCUT2D eigenvalue weighted by Crippen LogP contribution is -2.42. The average molecular weight is 334 g/mol. The van der Waals surface area contributed by atoms with E-state index in [2.05, 4.69) is 5.32 Å². The second-order valence-corrected chi connectivity index (χ2v) is 5.68. The molecule has 7 heteroatoms. The molecule has 1 aromatic carbocycles. The van der Waals surface area contributed by atoms with Gasteiger partial charge in [-0.3, -0.25) is 9.59 Å². The molecule has 130 valence electrons. The first kappa shape index (κ1) is 17.8. The number of hydrogen-bond acceptors (Lipinski definition) is 4. The summed E-state index contributed by atoms with van der Waals surface area (Å²) in [5.41, 5.74) is 0.741. The van der Waals surface area contributed by atoms with E-state index >= 15 is 0 Å². The predicted octanol–water partition coefficient (Wildman–Crippen LogP) is 1.56. The molecule has 1 unspecified atom stereocenters. The molecule has 2 rings (SSSR count). The number of rotatable bonds is 8. The van der Waals surface area contributed by atoms with Gasteiger partial charge in [0.05, 0.1) is 0 Å². The molecule has 24 heavy (non-hydrogen) atoms. The minimum Gasteiger partial charge on any atom is -0.484 e. The van der Waals surface area contributed by atoms with Gasteiger partial charge in [-0.05, 0) is 25.0 Å². The molecule has 0 saturated carbocycles. The summed E-state index contributed by atoms with van der Waals surface area (Å²) in [4.78, 5) is 36.3. The Morgan fingerprint density at radius 3 is 2.83 bits per heavy atom. The molecule has 0 spiro atoms. The van der Waals surface area contributed by atoms with E-state index < -0.39 is 17.9 Å². The predicted molar refractivity (Wildman–Crippen MR) is 88.0 cm³/mol. The summed E-state index contributed by atoms with van der Waals surface area (Å²) in [7, 11) is 0. The van der Waals surface area contributed by atoms with Crippen LogP contribution in [-0.4, -0.2) is 42.1 Å². The van der Waals surface area contributed by atoms with Crippen molar-refractivity contribution in [1.29, 1.82) is 0 Å². The van der Waals surface area contributed by atoms with Crippen LogP contribution in [0.15, 0.2) is 24.3 Å². The summed E-state index contributed by atoms with van der Waals surface area (Å²) < 4.78 is 5.42. The van der Waals surface area contributed by atoms with Gasteiger partial charge in [0.25, 0.3) is 5.91 Å². The van der Waals surface area contributed by atoms with Crippen LogP contribution < -0.4 is 15.0 Å². The Labute approximate surface area is 140 Å². The molecule has 7 nitrogen and oxygen atoms in total. The number of ether oxygens (including phenoxy) is 1. The molecule has 1 fully saturated rings. The van der Waals surface area contributed by atoms with Crippen molar-refractivity contribution in [3.05, 3.63) is 24.3 Å². The molecular weight excluding hydrogens is 312 g/mol. The van der Waals surface area contributed by atoms with E-state index in [1.165, 1.54) is 0 Å². The van der Waals surface area contributed by atoms with E-state index in [9.17, 15) is 14.4 Å². The van der Waals surface area contributed by atoms with Crippen molar-refractivity contribution in [2.75, 3.05) is 18.1 Å². The van der Waals surface area contributed by atoms with Crippen molar-refractivity contribution in [2.24, 2.45) is 0 Å². The molecule has 0 aromatic heterocycles. The Balaban J connectivity index is 1.91. The first-order valence-corrected chi connectivity index (χ1v) is 8.06. The Bertz CT molecular complexity index is 617. The van der Waals surface area contributed by atoms with Gasteiger partial charge in [-0.25, -0.2) is 4.79 Å². The minimum absolute atomic E-state index is 0.0776. The maximum Gasteiger partial charge on any atom is 0.326 e. The first-order chi connectivity index (χ1) is 11.5. The topological polar surface area (TPSA) is 95.9 Å². The number of nitrogens with zero attached hydrogens (tertiary/aromatic N) is 1. The van der Waals surface area contributed by atoms with Crippen LogP contribution in [0.5, 0.6) is 5.75 Å². The van der Waals surface area contributed by atoms with Crippen LogP contribution in [0.25, 0.3) is 0 Å². The summed E-state index contributed by atoms with van der Waals surface area (Å²) in [6.45, 7) is 2.26. The lowest BCUT2D eigenvalue weighted by Gasteiger charge is -2.17. The lowest BCUT2D eigenvalue weighted by molar-refractivity contribution is -0.142. The number of carbonyl (C=O) groups is 3. The lowest BCUT2D eigenvalue weighted by atomic mass is 10.2. The zero-order valence-electron chi connectivity index (χ0n) is 13.7. The molecule has 2 N–H and O–H groups in total. The highest BCUT2D eigenvalue weighted by Crippen LogP contribution is 2.25. The third-order valence-electron chi connectivity index (χ3n) is 3.78. The van der Waals surface area contributed by atoms with Crippen LogP contribution in [0.1, 0.15) is 32.6 Å². The van der Waals surface area contributed by atoms with Gasteiger partial charge in [0.2, 0.25) is 5.91 Å². The normalized spacial score (nSPS) is 15.2. The van der Waals surface area contributed by atoms with Gasteiger partial charge in [-0.1, -0.05) is 19.4 Å². The molecule has 2 amide bonds. The molecule has 1 heterocycles. The molecule has 1 saturated heterocycles. The van der Waals surface area contributed by atoms with Crippen molar-refractivity contribution in [2.45, 2.75) is 38.6 Å². The zero-order valence-corrected chi connectivity index (χ0v) is 13.7. The van der Waals surface area contributed by atoms with E-state index in [0.717, 1.165) is 12.1 Å². The quantitative estimate of drug-likeness (QED) is 0.752. The number of carbonyl (C=O) groups excluding carboxylic acids is 2. The van der Waals surface area contributed by atoms with Crippen LogP contribution in [0, 0.1) is 0 Å². The Hall–Kier alpha value is -2.57. The fourth-order valence-corrected chi connectivity index (χ4v) is 2.59. The minimum atomic E-state index is -1.06. The highest BCUT2D eigenvalue weighted by molar-refractivity contribution is 5.95. The number of nitrogens with one attached hydrogen (secondary N) is 1. The summed E-state index contributed by atoms with van der Waals surface area (Å²) >= 11 is 0. The van der Waals surface area contributed by atoms with Crippen LogP contribution in [0.2, 0.25) is 0 Å². The standard InChI is InChI=1S/C17H22N2O5/c1-2-5-14(17(22)23)18-15(20)11-24-13-7-3-6-12(10-13)19-9-4-8-16(19)21/h3,6-7,10,14H,2,4-5,8-9,11H2,1H3,(H,18,20)(H,22,23). The maximum absolute atomic E-state index is 11.8. The van der Waals surface area contributed by atoms with Gasteiger partial charge in [-0.2, -0.15) is 0 Å². The van der Waals surface area contributed by atoms with Crippen LogP contribution in [-0.2, 0) is 14.4 Å². The van der Waals surface area contributed by atoms with Crippen LogP contribution in [0.4, 0.5) is 5.69 Å². The van der Waals surface area contributed by atoms with Crippen molar-refractivity contribution < 1.29 is 24.2 Å². The molecular formula is C17H22N2O5. The molecule has 0 bridgehead atoms. The van der Waals surface area contributed by atoms with Gasteiger partial charge < -0.3 is 20.1 Å². The number of aliphatic carboxylic acids is 1. The van der Waals surface area contributed by atoms with Crippen molar-refractivity contribution in [3.8, 4) is 5.75 Å². The smallest absolute Gasteiger partial charge is 0.326 e. The van der Waals surface area contributed by atoms with Crippen molar-refractivity contribution >= 4 is 23.5 Å². The molecule has 1 atom stereocenters. The zero-order chi connectivity index (χ0) is 17.5. The molecule has 0 radical (unpaired) electrons. The third-order valence-corrected chi connectivity index (χ3v) is 3.78. The van der Waals surface area contributed by atoms with E-state index in [0.29, 0.717) is 31.6 Å². The largest absolute Gasteiger partial charge is 0.484 e. The SMILES string of the molecule is CCCC(NC(=O)COc1cccc(N2CCCC2=O)c1)C(=O)O. The Kier molecular flexibility index (Phi) is 6.17. The number of carboxylic acid groups (broad SMARTS) is 1. The van der Waals surface area contributed by atoms with Gasteiger partial charge in [0.15, 0.2) is 6.61 Å². The van der Waals surface area contributed by atoms with Gasteiger partial charge in [-0.15, -0.1) is 0 Å². The second kappa shape index (κ2) is 8.33. The summed E-state index contributed by atoms with van der Waals surface area (Å²) in [5.74, 6) is -1.00. The monoisotopic (exact) mass is 334 g/mol. The Morgan fingerprint density at radius 1 is 1.42 bits per heavy atom. The van der Waals surface area contributed by atoms with Gasteiger partial charge >= 0.3 is 5.97 Å². The average Bonchev–Trinajstić information content (AvgIpc) is 2.99. The van der Waals surface area contributed by atoms with E-state index in [1.54, 1.807) is 23.1 Å². The highest BCUT2D eigenvalue weighted by atomic mass is 16.5.